The van der Waals surface area contributed by atoms with Crippen molar-refractivity contribution in [1.29, 1.82) is 0 Å². The molecule has 136 valence electrons. The fraction of sp³-hybridized carbons (Fsp3) is 0.167. The zero-order valence-corrected chi connectivity index (χ0v) is 15.7. The number of para-hydroxylation sites is 1. The Labute approximate surface area is 159 Å². The minimum Gasteiger partial charge on any atom is -0.381 e. The molecule has 0 aliphatic rings. The van der Waals surface area contributed by atoms with E-state index < -0.39 is 0 Å². The Morgan fingerprint density at radius 1 is 0.926 bits per heavy atom. The second kappa shape index (κ2) is 7.28. The summed E-state index contributed by atoms with van der Waals surface area (Å²) in [5.41, 5.74) is 6.31. The van der Waals surface area contributed by atoms with Crippen molar-refractivity contribution in [3.63, 3.8) is 0 Å². The standard InChI is InChI=1S/C24H23FN2/c1-3-20-15-18-8-4-5-10-24(18)27(20)21-13-11-19(12-14-21)26-16-22-17(2)7-6-9-23(22)25/h4-15,26H,3,16H2,1-2H3. The Hall–Kier alpha value is -3.07. The molecule has 3 aromatic carbocycles. The van der Waals surface area contributed by atoms with Gasteiger partial charge < -0.3 is 9.88 Å². The number of fused-ring (bicyclic) bond motifs is 1. The van der Waals surface area contributed by atoms with Crippen molar-refractivity contribution in [3.05, 3.63) is 95.4 Å². The van der Waals surface area contributed by atoms with Crippen LogP contribution in [-0.4, -0.2) is 4.57 Å². The highest BCUT2D eigenvalue weighted by Crippen LogP contribution is 2.26. The fourth-order valence-corrected chi connectivity index (χ4v) is 3.59. The third kappa shape index (κ3) is 3.33. The lowest BCUT2D eigenvalue weighted by Gasteiger charge is -2.13. The molecular formula is C24H23FN2. The molecule has 4 rings (SSSR count). The van der Waals surface area contributed by atoms with Gasteiger partial charge in [0.25, 0.3) is 0 Å². The lowest BCUT2D eigenvalue weighted by Crippen LogP contribution is -2.04. The van der Waals surface area contributed by atoms with Crippen LogP contribution in [0.2, 0.25) is 0 Å². The third-order valence-corrected chi connectivity index (χ3v) is 5.10. The lowest BCUT2D eigenvalue weighted by molar-refractivity contribution is 0.611. The van der Waals surface area contributed by atoms with Gasteiger partial charge in [-0.15, -0.1) is 0 Å². The van der Waals surface area contributed by atoms with Gasteiger partial charge >= 0.3 is 0 Å². The fourth-order valence-electron chi connectivity index (χ4n) is 3.59. The van der Waals surface area contributed by atoms with Gasteiger partial charge in [-0.1, -0.05) is 37.3 Å². The molecule has 2 nitrogen and oxygen atoms in total. The van der Waals surface area contributed by atoms with E-state index in [2.05, 4.69) is 71.4 Å². The number of aromatic nitrogens is 1. The van der Waals surface area contributed by atoms with E-state index in [1.807, 2.05) is 13.0 Å². The van der Waals surface area contributed by atoms with Gasteiger partial charge in [-0.25, -0.2) is 4.39 Å². The molecule has 1 aromatic heterocycles. The predicted molar refractivity (Wildman–Crippen MR) is 111 cm³/mol. The van der Waals surface area contributed by atoms with E-state index in [-0.39, 0.29) is 5.82 Å². The Balaban J connectivity index is 1.60. The van der Waals surface area contributed by atoms with E-state index in [1.165, 1.54) is 22.7 Å². The maximum atomic E-state index is 14.0. The molecule has 0 amide bonds. The molecule has 1 N–H and O–H groups in total. The number of halogens is 1. The molecular weight excluding hydrogens is 335 g/mol. The van der Waals surface area contributed by atoms with Crippen LogP contribution in [0.25, 0.3) is 16.6 Å². The molecule has 0 radical (unpaired) electrons. The second-order valence-corrected chi connectivity index (χ2v) is 6.82. The molecule has 1 heterocycles. The van der Waals surface area contributed by atoms with E-state index in [0.717, 1.165) is 23.4 Å². The first-order valence-corrected chi connectivity index (χ1v) is 9.35. The molecule has 0 atom stereocenters. The van der Waals surface area contributed by atoms with Crippen LogP contribution < -0.4 is 5.32 Å². The molecule has 0 aliphatic carbocycles. The Kier molecular flexibility index (Phi) is 4.68. The van der Waals surface area contributed by atoms with Crippen LogP contribution in [0.3, 0.4) is 0 Å². The second-order valence-electron chi connectivity index (χ2n) is 6.82. The Bertz CT molecular complexity index is 1060. The zero-order valence-electron chi connectivity index (χ0n) is 15.7. The molecule has 0 fully saturated rings. The summed E-state index contributed by atoms with van der Waals surface area (Å²) in [5.74, 6) is -0.162. The third-order valence-electron chi connectivity index (χ3n) is 5.10. The number of rotatable bonds is 5. The first kappa shape index (κ1) is 17.3. The van der Waals surface area contributed by atoms with Crippen molar-refractivity contribution in [2.75, 3.05) is 5.32 Å². The monoisotopic (exact) mass is 358 g/mol. The van der Waals surface area contributed by atoms with Crippen LogP contribution in [0.1, 0.15) is 23.7 Å². The molecule has 4 aromatic rings. The highest BCUT2D eigenvalue weighted by atomic mass is 19.1. The van der Waals surface area contributed by atoms with Gasteiger partial charge in [-0.3, -0.25) is 0 Å². The summed E-state index contributed by atoms with van der Waals surface area (Å²) < 4.78 is 16.3. The maximum Gasteiger partial charge on any atom is 0.128 e. The largest absolute Gasteiger partial charge is 0.381 e. The summed E-state index contributed by atoms with van der Waals surface area (Å²) in [4.78, 5) is 0. The van der Waals surface area contributed by atoms with Crippen LogP contribution in [-0.2, 0) is 13.0 Å². The average molecular weight is 358 g/mol. The van der Waals surface area contributed by atoms with Gasteiger partial charge in [0.05, 0.1) is 5.52 Å². The van der Waals surface area contributed by atoms with Gasteiger partial charge in [-0.05, 0) is 61.4 Å². The van der Waals surface area contributed by atoms with Crippen molar-refractivity contribution in [3.8, 4) is 5.69 Å². The van der Waals surface area contributed by atoms with Crippen LogP contribution >= 0.6 is 0 Å². The minimum absolute atomic E-state index is 0.162. The molecule has 3 heteroatoms. The van der Waals surface area contributed by atoms with Gasteiger partial charge in [0.2, 0.25) is 0 Å². The highest BCUT2D eigenvalue weighted by molar-refractivity contribution is 5.83. The van der Waals surface area contributed by atoms with Gasteiger partial charge in [-0.2, -0.15) is 0 Å². The molecule has 0 bridgehead atoms. The topological polar surface area (TPSA) is 17.0 Å². The van der Waals surface area contributed by atoms with E-state index in [9.17, 15) is 4.39 Å². The van der Waals surface area contributed by atoms with E-state index in [4.69, 9.17) is 0 Å². The van der Waals surface area contributed by atoms with Crippen LogP contribution in [0.5, 0.6) is 0 Å². The van der Waals surface area contributed by atoms with E-state index in [1.54, 1.807) is 6.07 Å². The van der Waals surface area contributed by atoms with E-state index >= 15 is 0 Å². The molecule has 0 unspecified atom stereocenters. The normalized spacial score (nSPS) is 11.1. The average Bonchev–Trinajstić information content (AvgIpc) is 3.07. The van der Waals surface area contributed by atoms with Gasteiger partial charge in [0.1, 0.15) is 5.82 Å². The Morgan fingerprint density at radius 3 is 2.44 bits per heavy atom. The summed E-state index contributed by atoms with van der Waals surface area (Å²) in [6.07, 6.45) is 0.973. The summed E-state index contributed by atoms with van der Waals surface area (Å²) in [5, 5.41) is 4.59. The minimum atomic E-state index is -0.162. The van der Waals surface area contributed by atoms with Gasteiger partial charge in [0, 0.05) is 34.6 Å². The number of benzene rings is 3. The Morgan fingerprint density at radius 2 is 1.70 bits per heavy atom. The number of nitrogens with one attached hydrogen (secondary N) is 1. The van der Waals surface area contributed by atoms with Crippen LogP contribution in [0.15, 0.2) is 72.8 Å². The first-order valence-electron chi connectivity index (χ1n) is 9.35. The summed E-state index contributed by atoms with van der Waals surface area (Å²) in [6.45, 7) is 4.59. The predicted octanol–water partition coefficient (Wildman–Crippen LogP) is 6.25. The van der Waals surface area contributed by atoms with Crippen LogP contribution in [0.4, 0.5) is 10.1 Å². The van der Waals surface area contributed by atoms with Gasteiger partial charge in [0.15, 0.2) is 0 Å². The maximum absolute atomic E-state index is 14.0. The number of aryl methyl sites for hydroxylation is 2. The first-order chi connectivity index (χ1) is 13.2. The number of hydrogen-bond acceptors (Lipinski definition) is 1. The van der Waals surface area contributed by atoms with Crippen molar-refractivity contribution in [1.82, 2.24) is 4.57 Å². The highest BCUT2D eigenvalue weighted by Gasteiger charge is 2.09. The van der Waals surface area contributed by atoms with Crippen molar-refractivity contribution >= 4 is 16.6 Å². The van der Waals surface area contributed by atoms with E-state index in [0.29, 0.717) is 12.1 Å². The van der Waals surface area contributed by atoms with Crippen LogP contribution in [0, 0.1) is 12.7 Å². The lowest BCUT2D eigenvalue weighted by atomic mass is 10.1. The smallest absolute Gasteiger partial charge is 0.128 e. The molecule has 27 heavy (non-hydrogen) atoms. The zero-order chi connectivity index (χ0) is 18.8. The molecule has 0 saturated heterocycles. The summed E-state index contributed by atoms with van der Waals surface area (Å²) >= 11 is 0. The number of nitrogens with zero attached hydrogens (tertiary/aromatic N) is 1. The molecule has 0 spiro atoms. The van der Waals surface area contributed by atoms with Crippen molar-refractivity contribution < 1.29 is 4.39 Å². The number of hydrogen-bond donors (Lipinski definition) is 1. The SMILES string of the molecule is CCc1cc2ccccc2n1-c1ccc(NCc2c(C)cccc2F)cc1. The molecule has 0 saturated carbocycles. The molecule has 0 aliphatic heterocycles. The summed E-state index contributed by atoms with van der Waals surface area (Å²) in [7, 11) is 0. The van der Waals surface area contributed by atoms with Crippen molar-refractivity contribution in [2.45, 2.75) is 26.8 Å². The van der Waals surface area contributed by atoms with Crippen molar-refractivity contribution in [2.24, 2.45) is 0 Å². The summed E-state index contributed by atoms with van der Waals surface area (Å²) in [6, 6.07) is 24.2. The quantitative estimate of drug-likeness (QED) is 0.446. The number of anilines is 1.